The Labute approximate surface area is 56.4 Å². The largest absolute Gasteiger partial charge is 0.373 e. The van der Waals surface area contributed by atoms with Gasteiger partial charge in [0.1, 0.15) is 0 Å². The zero-order chi connectivity index (χ0) is 7.28. The van der Waals surface area contributed by atoms with E-state index in [0.29, 0.717) is 13.1 Å². The molecule has 0 unspecified atom stereocenters. The molecule has 4 N–H and O–H groups in total. The summed E-state index contributed by atoms with van der Waals surface area (Å²) in [6, 6.07) is 0. The molecule has 0 rings (SSSR count). The van der Waals surface area contributed by atoms with Crippen LogP contribution in [0.1, 0.15) is 13.8 Å². The second-order valence-electron chi connectivity index (χ2n) is 2.28. The highest BCUT2D eigenvalue weighted by molar-refractivity contribution is 4.59. The molecule has 0 atom stereocenters. The third kappa shape index (κ3) is 4.39. The van der Waals surface area contributed by atoms with Crippen molar-refractivity contribution in [3.63, 3.8) is 0 Å². The van der Waals surface area contributed by atoms with Crippen LogP contribution in [0.3, 0.4) is 0 Å². The second-order valence-corrected chi connectivity index (χ2v) is 2.28. The van der Waals surface area contributed by atoms with Crippen molar-refractivity contribution in [1.82, 2.24) is 0 Å². The van der Waals surface area contributed by atoms with Crippen LogP contribution in [-0.4, -0.2) is 25.3 Å². The van der Waals surface area contributed by atoms with E-state index in [-0.39, 0.29) is 12.2 Å². The van der Waals surface area contributed by atoms with E-state index in [1.165, 1.54) is 0 Å². The second kappa shape index (κ2) is 4.73. The van der Waals surface area contributed by atoms with E-state index in [1.54, 1.807) is 0 Å². The summed E-state index contributed by atoms with van der Waals surface area (Å²) in [5, 5.41) is 0. The lowest BCUT2D eigenvalue weighted by atomic mass is 10.3. The quantitative estimate of drug-likeness (QED) is 0.552. The van der Waals surface area contributed by atoms with Crippen LogP contribution in [0.15, 0.2) is 0 Å². The first-order valence-electron chi connectivity index (χ1n) is 3.26. The standard InChI is InChI=1S/C6H16N2O/c1-5(2)9-6(3-7)4-8/h5-6H,3-4,7-8H2,1-2H3. The molecule has 0 radical (unpaired) electrons. The number of rotatable bonds is 4. The van der Waals surface area contributed by atoms with Gasteiger partial charge in [0, 0.05) is 13.1 Å². The van der Waals surface area contributed by atoms with Crippen molar-refractivity contribution in [1.29, 1.82) is 0 Å². The Balaban J connectivity index is 3.31. The van der Waals surface area contributed by atoms with Gasteiger partial charge in [0.2, 0.25) is 0 Å². The van der Waals surface area contributed by atoms with Gasteiger partial charge in [-0.05, 0) is 13.8 Å². The molecule has 0 aliphatic rings. The van der Waals surface area contributed by atoms with E-state index in [4.69, 9.17) is 16.2 Å². The highest BCUT2D eigenvalue weighted by Gasteiger charge is 2.04. The summed E-state index contributed by atoms with van der Waals surface area (Å²) < 4.78 is 5.30. The fraction of sp³-hybridized carbons (Fsp3) is 1.00. The molecule has 0 aliphatic heterocycles. The van der Waals surface area contributed by atoms with Gasteiger partial charge in [0.25, 0.3) is 0 Å². The molecular weight excluding hydrogens is 116 g/mol. The van der Waals surface area contributed by atoms with Crippen molar-refractivity contribution >= 4 is 0 Å². The average Bonchev–Trinajstić information content (AvgIpc) is 1.82. The topological polar surface area (TPSA) is 61.3 Å². The van der Waals surface area contributed by atoms with Gasteiger partial charge in [0.05, 0.1) is 12.2 Å². The predicted octanol–water partition coefficient (Wildman–Crippen LogP) is -0.303. The van der Waals surface area contributed by atoms with E-state index < -0.39 is 0 Å². The molecular formula is C6H16N2O. The Morgan fingerprint density at radius 2 is 1.67 bits per heavy atom. The predicted molar refractivity (Wildman–Crippen MR) is 38.1 cm³/mol. The van der Waals surface area contributed by atoms with Crippen molar-refractivity contribution in [2.45, 2.75) is 26.1 Å². The Hall–Kier alpha value is -0.120. The van der Waals surface area contributed by atoms with E-state index >= 15 is 0 Å². The van der Waals surface area contributed by atoms with Crippen LogP contribution in [0.4, 0.5) is 0 Å². The summed E-state index contributed by atoms with van der Waals surface area (Å²) >= 11 is 0. The third-order valence-electron chi connectivity index (χ3n) is 0.990. The smallest absolute Gasteiger partial charge is 0.0822 e. The SMILES string of the molecule is CC(C)OC(CN)CN. The zero-order valence-corrected chi connectivity index (χ0v) is 6.13. The molecule has 0 saturated heterocycles. The third-order valence-corrected chi connectivity index (χ3v) is 0.990. The monoisotopic (exact) mass is 132 g/mol. The van der Waals surface area contributed by atoms with Gasteiger partial charge in [0.15, 0.2) is 0 Å². The molecule has 0 aromatic rings. The normalized spacial score (nSPS) is 11.3. The van der Waals surface area contributed by atoms with E-state index in [9.17, 15) is 0 Å². The maximum absolute atomic E-state index is 5.33. The highest BCUT2D eigenvalue weighted by atomic mass is 16.5. The number of nitrogens with two attached hydrogens (primary N) is 2. The van der Waals surface area contributed by atoms with E-state index in [1.807, 2.05) is 13.8 Å². The van der Waals surface area contributed by atoms with Crippen molar-refractivity contribution in [2.75, 3.05) is 13.1 Å². The molecule has 0 fully saturated rings. The first kappa shape index (κ1) is 8.88. The van der Waals surface area contributed by atoms with Crippen LogP contribution < -0.4 is 11.5 Å². The molecule has 0 aromatic heterocycles. The van der Waals surface area contributed by atoms with Gasteiger partial charge in [-0.15, -0.1) is 0 Å². The summed E-state index contributed by atoms with van der Waals surface area (Å²) in [7, 11) is 0. The molecule has 0 heterocycles. The van der Waals surface area contributed by atoms with Gasteiger partial charge in [-0.25, -0.2) is 0 Å². The van der Waals surface area contributed by atoms with Gasteiger partial charge in [-0.3, -0.25) is 0 Å². The molecule has 3 heteroatoms. The number of hydrogen-bond donors (Lipinski definition) is 2. The molecule has 0 aliphatic carbocycles. The Kier molecular flexibility index (Phi) is 4.67. The molecule has 9 heavy (non-hydrogen) atoms. The molecule has 0 bridgehead atoms. The molecule has 3 nitrogen and oxygen atoms in total. The Morgan fingerprint density at radius 3 is 1.78 bits per heavy atom. The van der Waals surface area contributed by atoms with Crippen molar-refractivity contribution in [3.05, 3.63) is 0 Å². The van der Waals surface area contributed by atoms with Crippen LogP contribution in [0.2, 0.25) is 0 Å². The molecule has 56 valence electrons. The molecule has 0 saturated carbocycles. The Bertz CT molecular complexity index is 62.1. The first-order chi connectivity index (χ1) is 4.20. The zero-order valence-electron chi connectivity index (χ0n) is 6.13. The van der Waals surface area contributed by atoms with Gasteiger partial charge >= 0.3 is 0 Å². The van der Waals surface area contributed by atoms with E-state index in [0.717, 1.165) is 0 Å². The summed E-state index contributed by atoms with van der Waals surface area (Å²) in [5.41, 5.74) is 10.7. The summed E-state index contributed by atoms with van der Waals surface area (Å²) in [6.45, 7) is 4.96. The van der Waals surface area contributed by atoms with Gasteiger partial charge < -0.3 is 16.2 Å². The van der Waals surface area contributed by atoms with E-state index in [2.05, 4.69) is 0 Å². The summed E-state index contributed by atoms with van der Waals surface area (Å²) in [5.74, 6) is 0. The maximum atomic E-state index is 5.33. The van der Waals surface area contributed by atoms with Crippen LogP contribution in [0.5, 0.6) is 0 Å². The lowest BCUT2D eigenvalue weighted by molar-refractivity contribution is 0.0186. The minimum absolute atomic E-state index is 0.0324. The highest BCUT2D eigenvalue weighted by Crippen LogP contribution is 1.93. The summed E-state index contributed by atoms with van der Waals surface area (Å²) in [4.78, 5) is 0. The lowest BCUT2D eigenvalue weighted by Crippen LogP contribution is -2.33. The minimum Gasteiger partial charge on any atom is -0.373 e. The van der Waals surface area contributed by atoms with Crippen molar-refractivity contribution in [3.8, 4) is 0 Å². The number of hydrogen-bond acceptors (Lipinski definition) is 3. The molecule has 0 spiro atoms. The van der Waals surface area contributed by atoms with Gasteiger partial charge in [-0.2, -0.15) is 0 Å². The summed E-state index contributed by atoms with van der Waals surface area (Å²) in [6.07, 6.45) is 0.257. The van der Waals surface area contributed by atoms with Gasteiger partial charge in [-0.1, -0.05) is 0 Å². The van der Waals surface area contributed by atoms with Crippen LogP contribution in [0.25, 0.3) is 0 Å². The fourth-order valence-corrected chi connectivity index (χ4v) is 0.592. The molecule has 0 amide bonds. The lowest BCUT2D eigenvalue weighted by Gasteiger charge is -2.15. The van der Waals surface area contributed by atoms with Crippen LogP contribution in [-0.2, 0) is 4.74 Å². The van der Waals surface area contributed by atoms with Crippen LogP contribution >= 0.6 is 0 Å². The number of ether oxygens (including phenoxy) is 1. The molecule has 0 aromatic carbocycles. The van der Waals surface area contributed by atoms with Crippen molar-refractivity contribution in [2.24, 2.45) is 11.5 Å². The fourth-order valence-electron chi connectivity index (χ4n) is 0.592. The van der Waals surface area contributed by atoms with Crippen molar-refractivity contribution < 1.29 is 4.74 Å². The average molecular weight is 132 g/mol. The first-order valence-corrected chi connectivity index (χ1v) is 3.26. The Morgan fingerprint density at radius 1 is 1.22 bits per heavy atom. The van der Waals surface area contributed by atoms with Crippen LogP contribution in [0, 0.1) is 0 Å². The maximum Gasteiger partial charge on any atom is 0.0822 e. The minimum atomic E-state index is 0.0324.